The zero-order valence-electron chi connectivity index (χ0n) is 15.9. The number of amides is 1. The van der Waals surface area contributed by atoms with Crippen LogP contribution in [-0.4, -0.2) is 28.7 Å². The van der Waals surface area contributed by atoms with E-state index in [0.717, 1.165) is 33.9 Å². The van der Waals surface area contributed by atoms with E-state index in [4.69, 9.17) is 4.74 Å². The van der Waals surface area contributed by atoms with Crippen molar-refractivity contribution in [2.24, 2.45) is 5.92 Å². The van der Waals surface area contributed by atoms with Crippen molar-refractivity contribution in [3.63, 3.8) is 0 Å². The van der Waals surface area contributed by atoms with Crippen LogP contribution in [0.4, 0.5) is 0 Å². The number of aromatic nitrogens is 2. The van der Waals surface area contributed by atoms with Gasteiger partial charge in [-0.15, -0.1) is 11.8 Å². The van der Waals surface area contributed by atoms with Crippen LogP contribution >= 0.6 is 11.8 Å². The number of ether oxygens (including phenoxy) is 1. The number of methoxy groups -OCH3 is 1. The summed E-state index contributed by atoms with van der Waals surface area (Å²) in [6, 6.07) is 15.5. The van der Waals surface area contributed by atoms with Crippen molar-refractivity contribution < 1.29 is 9.53 Å². The maximum Gasteiger partial charge on any atom is 0.230 e. The number of H-pyrrole nitrogens is 1. The zero-order valence-corrected chi connectivity index (χ0v) is 16.7. The quantitative estimate of drug-likeness (QED) is 0.559. The SMILES string of the molecule is COc1ccc(SCC(=O)NC(CC(C)C)c2nc3ccccc3[nH]2)cc1. The van der Waals surface area contributed by atoms with Crippen LogP contribution in [0.5, 0.6) is 5.75 Å². The number of hydrogen-bond donors (Lipinski definition) is 2. The molecule has 27 heavy (non-hydrogen) atoms. The molecule has 0 aliphatic carbocycles. The van der Waals surface area contributed by atoms with Crippen LogP contribution in [0.3, 0.4) is 0 Å². The predicted molar refractivity (Wildman–Crippen MR) is 110 cm³/mol. The summed E-state index contributed by atoms with van der Waals surface area (Å²) < 4.78 is 5.16. The number of fused-ring (bicyclic) bond motifs is 1. The third-order valence-electron chi connectivity index (χ3n) is 4.21. The smallest absolute Gasteiger partial charge is 0.230 e. The number of nitrogens with one attached hydrogen (secondary N) is 2. The van der Waals surface area contributed by atoms with E-state index in [1.165, 1.54) is 11.8 Å². The van der Waals surface area contributed by atoms with Crippen molar-refractivity contribution in [1.29, 1.82) is 0 Å². The van der Waals surface area contributed by atoms with Crippen LogP contribution < -0.4 is 10.1 Å². The average molecular weight is 384 g/mol. The van der Waals surface area contributed by atoms with Crippen LogP contribution in [0.1, 0.15) is 32.1 Å². The first kappa shape index (κ1) is 19.3. The molecule has 142 valence electrons. The molecule has 1 amide bonds. The largest absolute Gasteiger partial charge is 0.497 e. The summed E-state index contributed by atoms with van der Waals surface area (Å²) >= 11 is 1.51. The average Bonchev–Trinajstić information content (AvgIpc) is 3.10. The van der Waals surface area contributed by atoms with E-state index >= 15 is 0 Å². The van der Waals surface area contributed by atoms with E-state index in [9.17, 15) is 4.79 Å². The van der Waals surface area contributed by atoms with Gasteiger partial charge in [0.2, 0.25) is 5.91 Å². The number of hydrogen-bond acceptors (Lipinski definition) is 4. The number of imidazole rings is 1. The number of para-hydroxylation sites is 2. The van der Waals surface area contributed by atoms with Crippen LogP contribution in [-0.2, 0) is 4.79 Å². The Labute approximate surface area is 163 Å². The van der Waals surface area contributed by atoms with Gasteiger partial charge in [0.05, 0.1) is 29.9 Å². The molecule has 0 radical (unpaired) electrons. The van der Waals surface area contributed by atoms with Gasteiger partial charge in [-0.1, -0.05) is 26.0 Å². The molecule has 0 spiro atoms. The molecule has 1 heterocycles. The highest BCUT2D eigenvalue weighted by molar-refractivity contribution is 8.00. The Balaban J connectivity index is 1.65. The van der Waals surface area contributed by atoms with E-state index in [1.54, 1.807) is 7.11 Å². The summed E-state index contributed by atoms with van der Waals surface area (Å²) in [5, 5.41) is 3.14. The monoisotopic (exact) mass is 383 g/mol. The number of rotatable bonds is 8. The summed E-state index contributed by atoms with van der Waals surface area (Å²) in [5.74, 6) is 2.43. The Morgan fingerprint density at radius 1 is 1.19 bits per heavy atom. The van der Waals surface area contributed by atoms with Crippen molar-refractivity contribution in [3.05, 3.63) is 54.4 Å². The molecule has 1 aromatic heterocycles. The van der Waals surface area contributed by atoms with E-state index in [-0.39, 0.29) is 11.9 Å². The zero-order chi connectivity index (χ0) is 19.2. The molecule has 0 bridgehead atoms. The lowest BCUT2D eigenvalue weighted by atomic mass is 10.0. The van der Waals surface area contributed by atoms with E-state index in [1.807, 2.05) is 48.5 Å². The van der Waals surface area contributed by atoms with Gasteiger partial charge in [0.1, 0.15) is 11.6 Å². The number of thioether (sulfide) groups is 1. The number of carbonyl (C=O) groups excluding carboxylic acids is 1. The van der Waals surface area contributed by atoms with Gasteiger partial charge in [-0.25, -0.2) is 4.98 Å². The summed E-state index contributed by atoms with van der Waals surface area (Å²) in [7, 11) is 1.64. The predicted octanol–water partition coefficient (Wildman–Crippen LogP) is 4.57. The van der Waals surface area contributed by atoms with E-state index in [0.29, 0.717) is 11.7 Å². The third-order valence-corrected chi connectivity index (χ3v) is 5.22. The lowest BCUT2D eigenvalue weighted by Crippen LogP contribution is -2.31. The number of carbonyl (C=O) groups is 1. The minimum Gasteiger partial charge on any atom is -0.497 e. The summed E-state index contributed by atoms with van der Waals surface area (Å²) in [4.78, 5) is 21.6. The summed E-state index contributed by atoms with van der Waals surface area (Å²) in [5.41, 5.74) is 1.91. The van der Waals surface area contributed by atoms with E-state index in [2.05, 4.69) is 29.1 Å². The Hall–Kier alpha value is -2.47. The molecular weight excluding hydrogens is 358 g/mol. The molecule has 3 aromatic rings. The Bertz CT molecular complexity index is 857. The molecule has 2 N–H and O–H groups in total. The highest BCUT2D eigenvalue weighted by atomic mass is 32.2. The van der Waals surface area contributed by atoms with E-state index < -0.39 is 0 Å². The summed E-state index contributed by atoms with van der Waals surface area (Å²) in [6.45, 7) is 4.29. The minimum absolute atomic E-state index is 0.00178. The maximum absolute atomic E-state index is 12.5. The normalized spacial score (nSPS) is 12.3. The highest BCUT2D eigenvalue weighted by Crippen LogP contribution is 2.24. The molecule has 5 nitrogen and oxygen atoms in total. The molecule has 1 unspecified atom stereocenters. The molecule has 0 saturated carbocycles. The molecule has 0 aliphatic rings. The second kappa shape index (κ2) is 8.95. The van der Waals surface area contributed by atoms with Crippen molar-refractivity contribution in [3.8, 4) is 5.75 Å². The van der Waals surface area contributed by atoms with Crippen molar-refractivity contribution in [1.82, 2.24) is 15.3 Å². The fourth-order valence-electron chi connectivity index (χ4n) is 2.90. The van der Waals surface area contributed by atoms with Gasteiger partial charge in [-0.2, -0.15) is 0 Å². The standard InChI is InChI=1S/C21H25N3O2S/c1-14(2)12-19(21-23-17-6-4-5-7-18(17)24-21)22-20(25)13-27-16-10-8-15(26-3)9-11-16/h4-11,14,19H,12-13H2,1-3H3,(H,22,25)(H,23,24). The van der Waals surface area contributed by atoms with Crippen LogP contribution in [0.15, 0.2) is 53.4 Å². The highest BCUT2D eigenvalue weighted by Gasteiger charge is 2.19. The number of benzene rings is 2. The van der Waals surface area contributed by atoms with Gasteiger partial charge in [0, 0.05) is 4.90 Å². The minimum atomic E-state index is -0.124. The number of nitrogens with zero attached hydrogens (tertiary/aromatic N) is 1. The Morgan fingerprint density at radius 2 is 1.93 bits per heavy atom. The first-order valence-electron chi connectivity index (χ1n) is 9.06. The first-order valence-corrected chi connectivity index (χ1v) is 10.0. The lowest BCUT2D eigenvalue weighted by Gasteiger charge is -2.18. The van der Waals surface area contributed by atoms with Crippen molar-refractivity contribution >= 4 is 28.7 Å². The first-order chi connectivity index (χ1) is 13.0. The molecular formula is C21H25N3O2S. The molecule has 1 atom stereocenters. The Morgan fingerprint density at radius 3 is 2.59 bits per heavy atom. The van der Waals surface area contributed by atoms with Gasteiger partial charge >= 0.3 is 0 Å². The fourth-order valence-corrected chi connectivity index (χ4v) is 3.61. The Kier molecular flexibility index (Phi) is 6.40. The van der Waals surface area contributed by atoms with Gasteiger partial charge in [0.25, 0.3) is 0 Å². The van der Waals surface area contributed by atoms with Gasteiger partial charge in [-0.05, 0) is 48.7 Å². The van der Waals surface area contributed by atoms with Crippen LogP contribution in [0.25, 0.3) is 11.0 Å². The number of aromatic amines is 1. The molecule has 3 rings (SSSR count). The molecule has 0 saturated heterocycles. The molecule has 6 heteroatoms. The van der Waals surface area contributed by atoms with Crippen LogP contribution in [0, 0.1) is 5.92 Å². The third kappa shape index (κ3) is 5.26. The topological polar surface area (TPSA) is 67.0 Å². The van der Waals surface area contributed by atoms with Crippen molar-refractivity contribution in [2.45, 2.75) is 31.2 Å². The maximum atomic E-state index is 12.5. The van der Waals surface area contributed by atoms with Crippen molar-refractivity contribution in [2.75, 3.05) is 12.9 Å². The van der Waals surface area contributed by atoms with Gasteiger partial charge in [-0.3, -0.25) is 4.79 Å². The van der Waals surface area contributed by atoms with Gasteiger partial charge < -0.3 is 15.0 Å². The molecule has 0 fully saturated rings. The fraction of sp³-hybridized carbons (Fsp3) is 0.333. The van der Waals surface area contributed by atoms with Crippen LogP contribution in [0.2, 0.25) is 0 Å². The molecule has 2 aromatic carbocycles. The summed E-state index contributed by atoms with van der Waals surface area (Å²) in [6.07, 6.45) is 0.832. The van der Waals surface area contributed by atoms with Gasteiger partial charge in [0.15, 0.2) is 0 Å². The second-order valence-electron chi connectivity index (χ2n) is 6.85. The second-order valence-corrected chi connectivity index (χ2v) is 7.90. The molecule has 0 aliphatic heterocycles. The lowest BCUT2D eigenvalue weighted by molar-refractivity contribution is -0.119.